The number of aromatic nitrogens is 3. The van der Waals surface area contributed by atoms with Crippen molar-refractivity contribution in [2.24, 2.45) is 7.05 Å². The summed E-state index contributed by atoms with van der Waals surface area (Å²) < 4.78 is 6.27. The first-order valence-corrected chi connectivity index (χ1v) is 6.05. The maximum absolute atomic E-state index is 11.9. The Morgan fingerprint density at radius 2 is 2.15 bits per heavy atom. The number of fused-ring (bicyclic) bond motifs is 1. The number of hydrazine groups is 1. The number of aryl methyl sites for hydroxylation is 2. The van der Waals surface area contributed by atoms with Gasteiger partial charge in [-0.3, -0.25) is 14.9 Å². The largest absolute Gasteiger partial charge is 0.449 e. The highest BCUT2D eigenvalue weighted by Crippen LogP contribution is 2.16. The third-order valence-electron chi connectivity index (χ3n) is 2.68. The van der Waals surface area contributed by atoms with Gasteiger partial charge in [-0.15, -0.1) is 0 Å². The number of pyridine rings is 1. The van der Waals surface area contributed by atoms with Crippen molar-refractivity contribution in [1.82, 2.24) is 25.6 Å². The van der Waals surface area contributed by atoms with Gasteiger partial charge in [0.05, 0.1) is 17.9 Å². The fourth-order valence-corrected chi connectivity index (χ4v) is 1.78. The number of hydrogen-bond donors (Lipinski definition) is 2. The molecular weight excluding hydrogens is 262 g/mol. The van der Waals surface area contributed by atoms with Crippen molar-refractivity contribution in [1.29, 1.82) is 0 Å². The van der Waals surface area contributed by atoms with Crippen LogP contribution in [0, 0.1) is 6.92 Å². The predicted octanol–water partition coefficient (Wildman–Crippen LogP) is 0.668. The highest BCUT2D eigenvalue weighted by Gasteiger charge is 2.12. The van der Waals surface area contributed by atoms with Crippen LogP contribution >= 0.6 is 0 Å². The summed E-state index contributed by atoms with van der Waals surface area (Å²) in [5.74, 6) is -0.476. The average Bonchev–Trinajstić information content (AvgIpc) is 2.71. The Balaban J connectivity index is 2.14. The Hall–Kier alpha value is -2.64. The third-order valence-corrected chi connectivity index (χ3v) is 2.68. The van der Waals surface area contributed by atoms with Crippen molar-refractivity contribution >= 4 is 23.0 Å². The summed E-state index contributed by atoms with van der Waals surface area (Å²) in [6.07, 6.45) is 0.707. The second kappa shape index (κ2) is 5.55. The molecule has 2 rings (SSSR count). The zero-order chi connectivity index (χ0) is 14.7. The number of ether oxygens (including phenoxy) is 1. The SMILES string of the molecule is CCOC(=O)NNC(=O)c1cnc2c(c1)c(C)nn2C. The molecule has 0 saturated heterocycles. The van der Waals surface area contributed by atoms with Crippen LogP contribution in [0.2, 0.25) is 0 Å². The van der Waals surface area contributed by atoms with Crippen molar-refractivity contribution < 1.29 is 14.3 Å². The number of carbonyl (C=O) groups is 2. The summed E-state index contributed by atoms with van der Waals surface area (Å²) >= 11 is 0. The van der Waals surface area contributed by atoms with E-state index < -0.39 is 12.0 Å². The summed E-state index contributed by atoms with van der Waals surface area (Å²) in [5.41, 5.74) is 6.18. The van der Waals surface area contributed by atoms with E-state index in [4.69, 9.17) is 0 Å². The van der Waals surface area contributed by atoms with Gasteiger partial charge in [-0.05, 0) is 19.9 Å². The summed E-state index contributed by atoms with van der Waals surface area (Å²) in [5, 5.41) is 5.01. The van der Waals surface area contributed by atoms with Crippen LogP contribution in [0.1, 0.15) is 23.0 Å². The minimum absolute atomic E-state index is 0.226. The van der Waals surface area contributed by atoms with Gasteiger partial charge < -0.3 is 4.74 Å². The van der Waals surface area contributed by atoms with E-state index in [9.17, 15) is 9.59 Å². The Labute approximate surface area is 115 Å². The molecule has 8 heteroatoms. The monoisotopic (exact) mass is 277 g/mol. The lowest BCUT2D eigenvalue weighted by atomic mass is 10.2. The normalized spacial score (nSPS) is 10.3. The molecular formula is C12H15N5O3. The van der Waals surface area contributed by atoms with Crippen molar-refractivity contribution in [3.8, 4) is 0 Å². The second-order valence-corrected chi connectivity index (χ2v) is 4.10. The van der Waals surface area contributed by atoms with Crippen molar-refractivity contribution in [2.75, 3.05) is 6.61 Å². The first-order chi connectivity index (χ1) is 9.52. The summed E-state index contributed by atoms with van der Waals surface area (Å²) in [7, 11) is 1.78. The Morgan fingerprint density at radius 3 is 2.85 bits per heavy atom. The lowest BCUT2D eigenvalue weighted by Gasteiger charge is -2.06. The number of rotatable bonds is 2. The van der Waals surface area contributed by atoms with Crippen LogP contribution in [0.3, 0.4) is 0 Å². The van der Waals surface area contributed by atoms with E-state index in [0.717, 1.165) is 11.1 Å². The molecule has 2 heterocycles. The van der Waals surface area contributed by atoms with Gasteiger partial charge in [0.25, 0.3) is 5.91 Å². The van der Waals surface area contributed by atoms with Crippen LogP contribution in [-0.4, -0.2) is 33.4 Å². The van der Waals surface area contributed by atoms with Crippen LogP contribution < -0.4 is 10.9 Å². The standard InChI is InChI=1S/C12H15N5O3/c1-4-20-12(19)15-14-11(18)8-5-9-7(2)16-17(3)10(9)13-6-8/h5-6H,4H2,1-3H3,(H,14,18)(H,15,19). The van der Waals surface area contributed by atoms with E-state index in [0.29, 0.717) is 11.2 Å². The van der Waals surface area contributed by atoms with Crippen molar-refractivity contribution in [3.05, 3.63) is 23.5 Å². The van der Waals surface area contributed by atoms with Gasteiger partial charge in [0.2, 0.25) is 0 Å². The summed E-state index contributed by atoms with van der Waals surface area (Å²) in [6, 6.07) is 1.67. The molecule has 0 bridgehead atoms. The fourth-order valence-electron chi connectivity index (χ4n) is 1.78. The van der Waals surface area contributed by atoms with Crippen LogP contribution in [0.5, 0.6) is 0 Å². The second-order valence-electron chi connectivity index (χ2n) is 4.10. The molecule has 106 valence electrons. The van der Waals surface area contributed by atoms with Gasteiger partial charge in [0, 0.05) is 18.6 Å². The molecule has 0 saturated carbocycles. The zero-order valence-corrected chi connectivity index (χ0v) is 11.4. The summed E-state index contributed by atoms with van der Waals surface area (Å²) in [6.45, 7) is 3.73. The molecule has 0 aromatic carbocycles. The highest BCUT2D eigenvalue weighted by molar-refractivity contribution is 5.97. The molecule has 0 radical (unpaired) electrons. The zero-order valence-electron chi connectivity index (χ0n) is 11.4. The fraction of sp³-hybridized carbons (Fsp3) is 0.333. The Morgan fingerprint density at radius 1 is 1.40 bits per heavy atom. The van der Waals surface area contributed by atoms with Gasteiger partial charge in [-0.1, -0.05) is 0 Å². The first kappa shape index (κ1) is 13.8. The molecule has 2 aromatic heterocycles. The molecule has 2 aromatic rings. The number of amides is 2. The lowest BCUT2D eigenvalue weighted by molar-refractivity contribution is 0.0912. The van der Waals surface area contributed by atoms with Crippen LogP contribution in [0.4, 0.5) is 4.79 Å². The topological polar surface area (TPSA) is 98.1 Å². The molecule has 2 N–H and O–H groups in total. The van der Waals surface area contributed by atoms with E-state index in [1.54, 1.807) is 24.7 Å². The molecule has 8 nitrogen and oxygen atoms in total. The van der Waals surface area contributed by atoms with E-state index in [1.807, 2.05) is 6.92 Å². The molecule has 0 fully saturated rings. The Bertz CT molecular complexity index is 664. The minimum Gasteiger partial charge on any atom is -0.449 e. The van der Waals surface area contributed by atoms with Crippen LogP contribution in [0.15, 0.2) is 12.3 Å². The average molecular weight is 277 g/mol. The number of hydrogen-bond acceptors (Lipinski definition) is 5. The molecule has 0 spiro atoms. The number of nitrogens with one attached hydrogen (secondary N) is 2. The molecule has 0 atom stereocenters. The molecule has 0 aliphatic carbocycles. The smallest absolute Gasteiger partial charge is 0.426 e. The first-order valence-electron chi connectivity index (χ1n) is 6.05. The predicted molar refractivity (Wildman–Crippen MR) is 70.9 cm³/mol. The van der Waals surface area contributed by atoms with E-state index in [1.165, 1.54) is 6.20 Å². The maximum Gasteiger partial charge on any atom is 0.426 e. The van der Waals surface area contributed by atoms with Gasteiger partial charge in [0.1, 0.15) is 0 Å². The maximum atomic E-state index is 11.9. The van der Waals surface area contributed by atoms with Gasteiger partial charge in [0.15, 0.2) is 5.65 Å². The lowest BCUT2D eigenvalue weighted by Crippen LogP contribution is -2.41. The molecule has 0 aliphatic heterocycles. The van der Waals surface area contributed by atoms with Gasteiger partial charge in [-0.2, -0.15) is 5.10 Å². The molecule has 2 amide bonds. The number of carbonyl (C=O) groups excluding carboxylic acids is 2. The molecule has 0 unspecified atom stereocenters. The quantitative estimate of drug-likeness (QED) is 0.786. The molecule has 0 aliphatic rings. The number of nitrogens with zero attached hydrogens (tertiary/aromatic N) is 3. The van der Waals surface area contributed by atoms with Crippen LogP contribution in [0.25, 0.3) is 11.0 Å². The Kier molecular flexibility index (Phi) is 3.83. The minimum atomic E-state index is -0.715. The summed E-state index contributed by atoms with van der Waals surface area (Å²) in [4.78, 5) is 27.1. The van der Waals surface area contributed by atoms with E-state index >= 15 is 0 Å². The van der Waals surface area contributed by atoms with Crippen molar-refractivity contribution in [3.63, 3.8) is 0 Å². The van der Waals surface area contributed by atoms with Gasteiger partial charge >= 0.3 is 6.09 Å². The van der Waals surface area contributed by atoms with E-state index in [-0.39, 0.29) is 6.61 Å². The third kappa shape index (κ3) is 2.68. The van der Waals surface area contributed by atoms with Gasteiger partial charge in [-0.25, -0.2) is 15.2 Å². The van der Waals surface area contributed by atoms with Crippen molar-refractivity contribution in [2.45, 2.75) is 13.8 Å². The molecule has 20 heavy (non-hydrogen) atoms. The van der Waals surface area contributed by atoms with Crippen LogP contribution in [-0.2, 0) is 11.8 Å². The highest BCUT2D eigenvalue weighted by atomic mass is 16.5. The van der Waals surface area contributed by atoms with E-state index in [2.05, 4.69) is 25.7 Å².